The SMILES string of the molecule is CC1(OCC(=O)Nc2ccc(Br)c(F)c2)CNC1. The number of nitrogens with one attached hydrogen (secondary N) is 2. The van der Waals surface area contributed by atoms with Crippen molar-refractivity contribution < 1.29 is 13.9 Å². The van der Waals surface area contributed by atoms with Crippen molar-refractivity contribution in [3.8, 4) is 0 Å². The summed E-state index contributed by atoms with van der Waals surface area (Å²) < 4.78 is 19.1. The average molecular weight is 317 g/mol. The molecule has 1 saturated heterocycles. The average Bonchev–Trinajstić information content (AvgIpc) is 2.29. The van der Waals surface area contributed by atoms with Gasteiger partial charge in [-0.2, -0.15) is 0 Å². The Morgan fingerprint density at radius 3 is 2.89 bits per heavy atom. The van der Waals surface area contributed by atoms with Crippen LogP contribution in [0.3, 0.4) is 0 Å². The molecule has 0 spiro atoms. The van der Waals surface area contributed by atoms with Gasteiger partial charge in [0.2, 0.25) is 5.91 Å². The van der Waals surface area contributed by atoms with Gasteiger partial charge in [0.25, 0.3) is 0 Å². The standard InChI is InChI=1S/C12H14BrFN2O2/c1-12(6-15-7-12)18-5-11(17)16-8-2-3-9(13)10(14)4-8/h2-4,15H,5-7H2,1H3,(H,16,17). The molecule has 1 aromatic carbocycles. The van der Waals surface area contributed by atoms with Crippen molar-refractivity contribution in [2.24, 2.45) is 0 Å². The van der Waals surface area contributed by atoms with E-state index in [2.05, 4.69) is 26.6 Å². The molecule has 0 aliphatic carbocycles. The topological polar surface area (TPSA) is 50.4 Å². The first-order chi connectivity index (χ1) is 8.48. The van der Waals surface area contributed by atoms with Crippen LogP contribution >= 0.6 is 15.9 Å². The van der Waals surface area contributed by atoms with Crippen molar-refractivity contribution in [2.75, 3.05) is 25.0 Å². The van der Waals surface area contributed by atoms with Crippen LogP contribution in [0.2, 0.25) is 0 Å². The molecule has 0 radical (unpaired) electrons. The van der Waals surface area contributed by atoms with Gasteiger partial charge in [-0.15, -0.1) is 0 Å². The molecule has 0 aromatic heterocycles. The first-order valence-corrected chi connectivity index (χ1v) is 6.37. The van der Waals surface area contributed by atoms with Gasteiger partial charge in [-0.05, 0) is 41.1 Å². The van der Waals surface area contributed by atoms with Crippen LogP contribution in [0.15, 0.2) is 22.7 Å². The Labute approximate surface area is 113 Å². The van der Waals surface area contributed by atoms with Crippen molar-refractivity contribution >= 4 is 27.5 Å². The van der Waals surface area contributed by atoms with E-state index in [9.17, 15) is 9.18 Å². The van der Waals surface area contributed by atoms with E-state index in [1.807, 2.05) is 6.92 Å². The van der Waals surface area contributed by atoms with Crippen molar-refractivity contribution in [3.05, 3.63) is 28.5 Å². The molecule has 1 aromatic rings. The molecule has 2 N–H and O–H groups in total. The normalized spacial score (nSPS) is 17.1. The summed E-state index contributed by atoms with van der Waals surface area (Å²) in [6, 6.07) is 4.43. The number of carbonyl (C=O) groups is 1. The molecule has 0 unspecified atom stereocenters. The Kier molecular flexibility index (Phi) is 3.99. The largest absolute Gasteiger partial charge is 0.363 e. The molecular weight excluding hydrogens is 303 g/mol. The number of hydrogen-bond acceptors (Lipinski definition) is 3. The summed E-state index contributed by atoms with van der Waals surface area (Å²) in [5.41, 5.74) is 0.156. The zero-order valence-corrected chi connectivity index (χ0v) is 11.5. The maximum Gasteiger partial charge on any atom is 0.250 e. The van der Waals surface area contributed by atoms with Crippen LogP contribution in [0.25, 0.3) is 0 Å². The molecule has 4 nitrogen and oxygen atoms in total. The summed E-state index contributed by atoms with van der Waals surface area (Å²) in [6.45, 7) is 3.40. The van der Waals surface area contributed by atoms with E-state index in [4.69, 9.17) is 4.74 Å². The van der Waals surface area contributed by atoms with Crippen LogP contribution in [0.5, 0.6) is 0 Å². The third kappa shape index (κ3) is 3.28. The summed E-state index contributed by atoms with van der Waals surface area (Å²) in [4.78, 5) is 11.6. The molecule has 1 amide bonds. The highest BCUT2D eigenvalue weighted by Gasteiger charge is 2.32. The third-order valence-electron chi connectivity index (χ3n) is 2.75. The fourth-order valence-electron chi connectivity index (χ4n) is 1.59. The summed E-state index contributed by atoms with van der Waals surface area (Å²) in [6.07, 6.45) is 0. The van der Waals surface area contributed by atoms with Crippen LogP contribution in [-0.2, 0) is 9.53 Å². The first-order valence-electron chi connectivity index (χ1n) is 5.58. The van der Waals surface area contributed by atoms with E-state index in [-0.39, 0.29) is 18.1 Å². The molecule has 0 bridgehead atoms. The van der Waals surface area contributed by atoms with Gasteiger partial charge in [0.15, 0.2) is 0 Å². The zero-order chi connectivity index (χ0) is 13.2. The lowest BCUT2D eigenvalue weighted by molar-refractivity contribution is -0.130. The number of halogens is 2. The van der Waals surface area contributed by atoms with Gasteiger partial charge < -0.3 is 15.4 Å². The van der Waals surface area contributed by atoms with Crippen molar-refractivity contribution in [3.63, 3.8) is 0 Å². The molecular formula is C12H14BrFN2O2. The predicted octanol–water partition coefficient (Wildman–Crippen LogP) is 1.91. The summed E-state index contributed by atoms with van der Waals surface area (Å²) in [5, 5.41) is 5.66. The maximum atomic E-state index is 13.2. The fourth-order valence-corrected chi connectivity index (χ4v) is 1.84. The minimum Gasteiger partial charge on any atom is -0.363 e. The summed E-state index contributed by atoms with van der Waals surface area (Å²) in [7, 11) is 0. The van der Waals surface area contributed by atoms with E-state index < -0.39 is 5.82 Å². The Hall–Kier alpha value is -0.980. The van der Waals surface area contributed by atoms with Gasteiger partial charge in [0.1, 0.15) is 12.4 Å². The molecule has 1 aliphatic rings. The van der Waals surface area contributed by atoms with E-state index >= 15 is 0 Å². The number of ether oxygens (including phenoxy) is 1. The molecule has 2 rings (SSSR count). The lowest BCUT2D eigenvalue weighted by Crippen LogP contribution is -2.59. The predicted molar refractivity (Wildman–Crippen MR) is 70.0 cm³/mol. The van der Waals surface area contributed by atoms with Crippen molar-refractivity contribution in [2.45, 2.75) is 12.5 Å². The minimum absolute atomic E-state index is 0.0319. The van der Waals surface area contributed by atoms with Gasteiger partial charge in [0.05, 0.1) is 10.1 Å². The smallest absolute Gasteiger partial charge is 0.250 e. The molecule has 18 heavy (non-hydrogen) atoms. The lowest BCUT2D eigenvalue weighted by atomic mass is 10.0. The number of hydrogen-bond donors (Lipinski definition) is 2. The lowest BCUT2D eigenvalue weighted by Gasteiger charge is -2.38. The van der Waals surface area contributed by atoms with Gasteiger partial charge in [-0.1, -0.05) is 0 Å². The first kappa shape index (κ1) is 13.5. The Balaban J connectivity index is 1.85. The van der Waals surface area contributed by atoms with Crippen molar-refractivity contribution in [1.82, 2.24) is 5.32 Å². The Bertz CT molecular complexity index is 463. The second kappa shape index (κ2) is 5.34. The third-order valence-corrected chi connectivity index (χ3v) is 3.40. The van der Waals surface area contributed by atoms with E-state index in [0.29, 0.717) is 10.2 Å². The fraction of sp³-hybridized carbons (Fsp3) is 0.417. The van der Waals surface area contributed by atoms with Gasteiger partial charge in [0, 0.05) is 18.8 Å². The highest BCUT2D eigenvalue weighted by atomic mass is 79.9. The van der Waals surface area contributed by atoms with Gasteiger partial charge in [-0.25, -0.2) is 4.39 Å². The van der Waals surface area contributed by atoms with Crippen LogP contribution in [0.4, 0.5) is 10.1 Å². The highest BCUT2D eigenvalue weighted by Crippen LogP contribution is 2.19. The second-order valence-electron chi connectivity index (χ2n) is 4.52. The van der Waals surface area contributed by atoms with Gasteiger partial charge in [-0.3, -0.25) is 4.79 Å². The molecule has 0 saturated carbocycles. The number of amides is 1. The van der Waals surface area contributed by atoms with Crippen molar-refractivity contribution in [1.29, 1.82) is 0 Å². The van der Waals surface area contributed by atoms with E-state index in [0.717, 1.165) is 13.1 Å². The number of rotatable bonds is 4. The molecule has 6 heteroatoms. The Morgan fingerprint density at radius 1 is 1.61 bits per heavy atom. The highest BCUT2D eigenvalue weighted by molar-refractivity contribution is 9.10. The molecule has 1 aliphatic heterocycles. The molecule has 1 fully saturated rings. The van der Waals surface area contributed by atoms with E-state index in [1.165, 1.54) is 6.07 Å². The molecule has 98 valence electrons. The number of carbonyl (C=O) groups excluding carboxylic acids is 1. The summed E-state index contributed by atoms with van der Waals surface area (Å²) in [5.74, 6) is -0.700. The maximum absolute atomic E-state index is 13.2. The monoisotopic (exact) mass is 316 g/mol. The second-order valence-corrected chi connectivity index (χ2v) is 5.37. The molecule has 1 heterocycles. The van der Waals surface area contributed by atoms with Gasteiger partial charge >= 0.3 is 0 Å². The quantitative estimate of drug-likeness (QED) is 0.892. The minimum atomic E-state index is -0.413. The molecule has 0 atom stereocenters. The Morgan fingerprint density at radius 2 is 2.33 bits per heavy atom. The van der Waals surface area contributed by atoms with Crippen LogP contribution in [0, 0.1) is 5.82 Å². The van der Waals surface area contributed by atoms with E-state index in [1.54, 1.807) is 12.1 Å². The van der Waals surface area contributed by atoms with Crippen LogP contribution < -0.4 is 10.6 Å². The van der Waals surface area contributed by atoms with Crippen LogP contribution in [0.1, 0.15) is 6.92 Å². The van der Waals surface area contributed by atoms with Crippen LogP contribution in [-0.4, -0.2) is 31.2 Å². The number of benzene rings is 1. The number of anilines is 1. The zero-order valence-electron chi connectivity index (χ0n) is 9.93. The summed E-state index contributed by atoms with van der Waals surface area (Å²) >= 11 is 3.05.